The van der Waals surface area contributed by atoms with Crippen LogP contribution >= 0.6 is 11.3 Å². The van der Waals surface area contributed by atoms with Crippen molar-refractivity contribution in [1.82, 2.24) is 20.0 Å². The number of thiophene rings is 1. The minimum atomic E-state index is -0.906. The van der Waals surface area contributed by atoms with Crippen LogP contribution in [0.4, 0.5) is 9.80 Å². The summed E-state index contributed by atoms with van der Waals surface area (Å²) in [6, 6.07) is -0.312. The molecule has 4 rings (SSSR count). The second-order valence-corrected chi connectivity index (χ2v) is 10.6. The van der Waals surface area contributed by atoms with Crippen molar-refractivity contribution in [3.8, 4) is 0 Å². The number of likely N-dealkylation sites (N-methyl/N-ethyl adjacent to an activating group) is 1. The van der Waals surface area contributed by atoms with E-state index in [-0.39, 0.29) is 30.3 Å². The van der Waals surface area contributed by atoms with E-state index in [4.69, 9.17) is 0 Å². The highest BCUT2D eigenvalue weighted by Gasteiger charge is 2.48. The van der Waals surface area contributed by atoms with Crippen LogP contribution in [0.25, 0.3) is 0 Å². The number of carbonyl (C=O) groups excluding carboxylic acids is 4. The van der Waals surface area contributed by atoms with Gasteiger partial charge in [-0.1, -0.05) is 0 Å². The Bertz CT molecular complexity index is 1060. The van der Waals surface area contributed by atoms with Gasteiger partial charge < -0.3 is 15.1 Å². The molecule has 2 aliphatic heterocycles. The summed E-state index contributed by atoms with van der Waals surface area (Å²) in [5, 5.41) is 6.23. The van der Waals surface area contributed by atoms with Gasteiger partial charge in [-0.2, -0.15) is 0 Å². The molecule has 2 N–H and O–H groups in total. The molecule has 5 amide bonds. The van der Waals surface area contributed by atoms with E-state index in [1.807, 2.05) is 20.8 Å². The van der Waals surface area contributed by atoms with Gasteiger partial charge in [-0.25, -0.2) is 4.79 Å². The Labute approximate surface area is 216 Å². The maximum Gasteiger partial charge on any atom is 0.319 e. The van der Waals surface area contributed by atoms with Gasteiger partial charge in [0.25, 0.3) is 11.8 Å². The lowest BCUT2D eigenvalue weighted by Crippen LogP contribution is -2.52. The summed E-state index contributed by atoms with van der Waals surface area (Å²) in [5.41, 5.74) is 0.750. The quantitative estimate of drug-likeness (QED) is 0.579. The number of likely N-dealkylation sites (tertiary alicyclic amines) is 1. The van der Waals surface area contributed by atoms with Crippen LogP contribution in [0, 0.1) is 0 Å². The molecule has 196 valence electrons. The highest BCUT2D eigenvalue weighted by atomic mass is 32.1. The van der Waals surface area contributed by atoms with Gasteiger partial charge in [-0.15, -0.1) is 11.3 Å². The SMILES string of the molecule is CCNC(=O)Nc1sc2c(c1C(=O)N1CCC3(CC1)N=CN(CC(=O)N(CC)CC)C3=O)CCCC2. The third kappa shape index (κ3) is 4.98. The zero-order valence-electron chi connectivity index (χ0n) is 21.4. The molecule has 0 atom stereocenters. The first-order valence-electron chi connectivity index (χ1n) is 13.0. The Balaban J connectivity index is 1.45. The number of aliphatic imine (C=N–C) groups is 1. The number of urea groups is 1. The van der Waals surface area contributed by atoms with Crippen molar-refractivity contribution in [3.63, 3.8) is 0 Å². The van der Waals surface area contributed by atoms with Crippen LogP contribution in [-0.4, -0.2) is 89.6 Å². The Morgan fingerprint density at radius 3 is 2.47 bits per heavy atom. The molecular formula is C25H36N6O4S. The lowest BCUT2D eigenvalue weighted by atomic mass is 9.87. The maximum absolute atomic E-state index is 13.7. The standard InChI is InChI=1S/C25H36N6O4S/c1-4-26-24(35)28-21-20(17-9-7-8-10-18(17)36-21)22(33)30-13-11-25(12-14-30)23(34)31(16-27-25)15-19(32)29(5-2)6-3/h16H,4-15H2,1-3H3,(H2,26,28,35). The second kappa shape index (κ2) is 11.0. The van der Waals surface area contributed by atoms with Crippen molar-refractivity contribution < 1.29 is 19.2 Å². The Morgan fingerprint density at radius 1 is 1.11 bits per heavy atom. The van der Waals surface area contributed by atoms with E-state index in [9.17, 15) is 19.2 Å². The summed E-state index contributed by atoms with van der Waals surface area (Å²) >= 11 is 1.50. The Morgan fingerprint density at radius 2 is 1.81 bits per heavy atom. The fourth-order valence-corrected chi connectivity index (χ4v) is 6.54. The molecule has 1 aliphatic carbocycles. The maximum atomic E-state index is 13.7. The zero-order chi connectivity index (χ0) is 25.9. The third-order valence-corrected chi connectivity index (χ3v) is 8.56. The van der Waals surface area contributed by atoms with Crippen molar-refractivity contribution in [2.45, 2.75) is 64.8 Å². The summed E-state index contributed by atoms with van der Waals surface area (Å²) in [6.45, 7) is 8.15. The molecule has 0 saturated carbocycles. The summed E-state index contributed by atoms with van der Waals surface area (Å²) in [7, 11) is 0. The third-order valence-electron chi connectivity index (χ3n) is 7.35. The number of amides is 5. The number of anilines is 1. The molecule has 0 unspecified atom stereocenters. The molecule has 1 fully saturated rings. The molecule has 0 aromatic carbocycles. The molecule has 1 aromatic rings. The van der Waals surface area contributed by atoms with Gasteiger partial charge in [0.2, 0.25) is 5.91 Å². The number of hydrogen-bond donors (Lipinski definition) is 2. The van der Waals surface area contributed by atoms with Crippen LogP contribution in [0.15, 0.2) is 4.99 Å². The van der Waals surface area contributed by atoms with E-state index in [0.29, 0.717) is 56.1 Å². The molecule has 36 heavy (non-hydrogen) atoms. The Kier molecular flexibility index (Phi) is 7.97. The summed E-state index contributed by atoms with van der Waals surface area (Å²) in [6.07, 6.45) is 6.18. The molecule has 0 radical (unpaired) electrons. The van der Waals surface area contributed by atoms with Crippen LogP contribution in [0.5, 0.6) is 0 Å². The largest absolute Gasteiger partial charge is 0.342 e. The van der Waals surface area contributed by atoms with Gasteiger partial charge in [-0.05, 0) is 64.9 Å². The minimum absolute atomic E-state index is 0.00962. The smallest absolute Gasteiger partial charge is 0.319 e. The van der Waals surface area contributed by atoms with Gasteiger partial charge in [-0.3, -0.25) is 29.6 Å². The van der Waals surface area contributed by atoms with E-state index in [1.165, 1.54) is 27.5 Å². The van der Waals surface area contributed by atoms with Gasteiger partial charge in [0, 0.05) is 37.6 Å². The number of fused-ring (bicyclic) bond motifs is 1. The van der Waals surface area contributed by atoms with Crippen molar-refractivity contribution in [1.29, 1.82) is 0 Å². The van der Waals surface area contributed by atoms with Crippen molar-refractivity contribution in [3.05, 3.63) is 16.0 Å². The van der Waals surface area contributed by atoms with Crippen LogP contribution in [0.1, 0.15) is 67.3 Å². The van der Waals surface area contributed by atoms with Crippen molar-refractivity contribution in [2.75, 3.05) is 44.6 Å². The molecule has 11 heteroatoms. The highest BCUT2D eigenvalue weighted by Crippen LogP contribution is 2.40. The van der Waals surface area contributed by atoms with Gasteiger partial charge in [0.1, 0.15) is 17.1 Å². The van der Waals surface area contributed by atoms with Crippen molar-refractivity contribution >= 4 is 46.4 Å². The molecule has 1 aromatic heterocycles. The van der Waals surface area contributed by atoms with Crippen LogP contribution in [0.2, 0.25) is 0 Å². The number of rotatable bonds is 7. The van der Waals surface area contributed by atoms with E-state index >= 15 is 0 Å². The monoisotopic (exact) mass is 516 g/mol. The van der Waals surface area contributed by atoms with Crippen LogP contribution in [-0.2, 0) is 22.4 Å². The predicted octanol–water partition coefficient (Wildman–Crippen LogP) is 2.48. The fraction of sp³-hybridized carbons (Fsp3) is 0.640. The molecule has 10 nitrogen and oxygen atoms in total. The number of carbonyl (C=O) groups is 4. The molecular weight excluding hydrogens is 480 g/mol. The molecule has 1 spiro atoms. The van der Waals surface area contributed by atoms with E-state index in [2.05, 4.69) is 15.6 Å². The number of nitrogens with one attached hydrogen (secondary N) is 2. The summed E-state index contributed by atoms with van der Waals surface area (Å²) < 4.78 is 0. The molecule has 1 saturated heterocycles. The number of aryl methyl sites for hydroxylation is 1. The van der Waals surface area contributed by atoms with Gasteiger partial charge in [0.15, 0.2) is 0 Å². The van der Waals surface area contributed by atoms with E-state index < -0.39 is 5.54 Å². The normalized spacial score (nSPS) is 18.4. The summed E-state index contributed by atoms with van der Waals surface area (Å²) in [5.74, 6) is -0.362. The average Bonchev–Trinajstić information content (AvgIpc) is 3.37. The van der Waals surface area contributed by atoms with E-state index in [0.717, 1.165) is 31.2 Å². The van der Waals surface area contributed by atoms with Crippen LogP contribution < -0.4 is 10.6 Å². The van der Waals surface area contributed by atoms with Gasteiger partial charge in [0.05, 0.1) is 11.9 Å². The Hall–Kier alpha value is -2.95. The summed E-state index contributed by atoms with van der Waals surface area (Å²) in [4.78, 5) is 62.3. The first-order valence-corrected chi connectivity index (χ1v) is 13.8. The first-order chi connectivity index (χ1) is 17.3. The van der Waals surface area contributed by atoms with E-state index in [1.54, 1.807) is 9.80 Å². The minimum Gasteiger partial charge on any atom is -0.342 e. The lowest BCUT2D eigenvalue weighted by molar-refractivity contribution is -0.139. The molecule has 0 bridgehead atoms. The molecule has 3 aliphatic rings. The highest BCUT2D eigenvalue weighted by molar-refractivity contribution is 7.17. The van der Waals surface area contributed by atoms with Gasteiger partial charge >= 0.3 is 6.03 Å². The molecule has 3 heterocycles. The number of piperidine rings is 1. The topological polar surface area (TPSA) is 114 Å². The second-order valence-electron chi connectivity index (χ2n) is 9.47. The fourth-order valence-electron chi connectivity index (χ4n) is 5.26. The number of hydrogen-bond acceptors (Lipinski definition) is 6. The predicted molar refractivity (Wildman–Crippen MR) is 140 cm³/mol. The van der Waals surface area contributed by atoms with Crippen LogP contribution in [0.3, 0.4) is 0 Å². The lowest BCUT2D eigenvalue weighted by Gasteiger charge is -2.36. The van der Waals surface area contributed by atoms with Crippen molar-refractivity contribution in [2.24, 2.45) is 4.99 Å². The first kappa shape index (κ1) is 26.1. The zero-order valence-corrected chi connectivity index (χ0v) is 22.2. The average molecular weight is 517 g/mol. The number of nitrogens with zero attached hydrogens (tertiary/aromatic N) is 4.